The fourth-order valence-corrected chi connectivity index (χ4v) is 1.43. The zero-order chi connectivity index (χ0) is 15.0. The molecule has 0 aliphatic heterocycles. The molecule has 1 aromatic carbocycles. The maximum atomic E-state index is 11.3. The fraction of sp³-hybridized carbons (Fsp3) is 0.462. The lowest BCUT2D eigenvalue weighted by molar-refractivity contribution is -0.385. The second-order valence-electron chi connectivity index (χ2n) is 4.08. The van der Waals surface area contributed by atoms with Crippen molar-refractivity contribution in [3.05, 3.63) is 33.9 Å². The number of aliphatic hydroxyl groups excluding tert-OH is 1. The van der Waals surface area contributed by atoms with Gasteiger partial charge in [-0.05, 0) is 18.1 Å². The van der Waals surface area contributed by atoms with Crippen LogP contribution in [0.1, 0.15) is 25.3 Å². The van der Waals surface area contributed by atoms with Crippen molar-refractivity contribution < 1.29 is 24.3 Å². The van der Waals surface area contributed by atoms with Gasteiger partial charge < -0.3 is 14.6 Å². The molecule has 7 nitrogen and oxygen atoms in total. The molecular weight excluding hydrogens is 266 g/mol. The highest BCUT2D eigenvalue weighted by atomic mass is 16.6. The third kappa shape index (κ3) is 4.85. The normalized spacial score (nSPS) is 10.1. The molecule has 0 heterocycles. The van der Waals surface area contributed by atoms with Crippen LogP contribution in [-0.4, -0.2) is 29.2 Å². The highest BCUT2D eigenvalue weighted by Gasteiger charge is 2.17. The van der Waals surface area contributed by atoms with Gasteiger partial charge in [0, 0.05) is 6.07 Å². The Labute approximate surface area is 116 Å². The number of carbonyl (C=O) groups is 1. The first-order valence-electron chi connectivity index (χ1n) is 6.25. The molecule has 0 amide bonds. The molecule has 0 saturated carbocycles. The van der Waals surface area contributed by atoms with Crippen LogP contribution in [-0.2, 0) is 16.1 Å². The van der Waals surface area contributed by atoms with Gasteiger partial charge in [0.1, 0.15) is 0 Å². The van der Waals surface area contributed by atoms with Crippen molar-refractivity contribution in [3.8, 4) is 5.75 Å². The molecule has 0 fully saturated rings. The Bertz CT molecular complexity index is 474. The number of unbranched alkanes of at least 4 members (excludes halogenated alkanes) is 1. The lowest BCUT2D eigenvalue weighted by Crippen LogP contribution is -2.16. The van der Waals surface area contributed by atoms with E-state index >= 15 is 0 Å². The lowest BCUT2D eigenvalue weighted by Gasteiger charge is -2.07. The molecule has 0 aliphatic carbocycles. The third-order valence-electron chi connectivity index (χ3n) is 2.51. The van der Waals surface area contributed by atoms with Crippen LogP contribution in [0.25, 0.3) is 0 Å². The summed E-state index contributed by atoms with van der Waals surface area (Å²) in [6.45, 7) is 1.59. The van der Waals surface area contributed by atoms with Crippen LogP contribution in [0.2, 0.25) is 0 Å². The quantitative estimate of drug-likeness (QED) is 0.338. The second kappa shape index (κ2) is 8.11. The number of rotatable bonds is 8. The van der Waals surface area contributed by atoms with Gasteiger partial charge in [-0.3, -0.25) is 10.1 Å². The number of hydrogen-bond acceptors (Lipinski definition) is 6. The summed E-state index contributed by atoms with van der Waals surface area (Å²) < 4.78 is 9.97. The number of nitrogens with zero attached hydrogens (tertiary/aromatic N) is 1. The van der Waals surface area contributed by atoms with Gasteiger partial charge in [-0.15, -0.1) is 0 Å². The molecular formula is C13H17NO6. The van der Waals surface area contributed by atoms with Gasteiger partial charge in [-0.25, -0.2) is 4.79 Å². The van der Waals surface area contributed by atoms with E-state index in [2.05, 4.69) is 0 Å². The second-order valence-corrected chi connectivity index (χ2v) is 4.08. The van der Waals surface area contributed by atoms with Gasteiger partial charge in [0.25, 0.3) is 0 Å². The van der Waals surface area contributed by atoms with Gasteiger partial charge in [0.15, 0.2) is 12.4 Å². The van der Waals surface area contributed by atoms with Crippen molar-refractivity contribution in [2.24, 2.45) is 0 Å². The van der Waals surface area contributed by atoms with E-state index in [1.165, 1.54) is 18.2 Å². The number of hydrogen-bond donors (Lipinski definition) is 1. The molecule has 0 saturated heterocycles. The van der Waals surface area contributed by atoms with E-state index in [-0.39, 0.29) is 24.7 Å². The number of nitro groups is 1. The van der Waals surface area contributed by atoms with Crippen molar-refractivity contribution in [3.63, 3.8) is 0 Å². The maximum Gasteiger partial charge on any atom is 0.344 e. The van der Waals surface area contributed by atoms with E-state index in [0.717, 1.165) is 12.8 Å². The maximum absolute atomic E-state index is 11.3. The number of carbonyl (C=O) groups excluding carboxylic acids is 1. The highest BCUT2D eigenvalue weighted by Crippen LogP contribution is 2.27. The van der Waals surface area contributed by atoms with Gasteiger partial charge in [0.2, 0.25) is 0 Å². The molecule has 0 radical (unpaired) electrons. The van der Waals surface area contributed by atoms with Crippen molar-refractivity contribution in [1.82, 2.24) is 0 Å². The van der Waals surface area contributed by atoms with Crippen molar-refractivity contribution >= 4 is 11.7 Å². The van der Waals surface area contributed by atoms with Crippen LogP contribution in [0.5, 0.6) is 5.75 Å². The predicted octanol–water partition coefficient (Wildman–Crippen LogP) is 1.81. The third-order valence-corrected chi connectivity index (χ3v) is 2.51. The smallest absolute Gasteiger partial charge is 0.344 e. The summed E-state index contributed by atoms with van der Waals surface area (Å²) in [6, 6.07) is 4.05. The standard InChI is InChI=1S/C13H17NO6/c1-2-3-6-19-13(16)9-20-12-5-4-10(8-15)7-11(12)14(17)18/h4-5,7,15H,2-3,6,8-9H2,1H3. The number of benzene rings is 1. The van der Waals surface area contributed by atoms with Crippen molar-refractivity contribution in [2.75, 3.05) is 13.2 Å². The van der Waals surface area contributed by atoms with E-state index < -0.39 is 10.9 Å². The van der Waals surface area contributed by atoms with Gasteiger partial charge >= 0.3 is 11.7 Å². The topological polar surface area (TPSA) is 98.9 Å². The van der Waals surface area contributed by atoms with E-state index in [1.807, 2.05) is 6.92 Å². The SMILES string of the molecule is CCCCOC(=O)COc1ccc(CO)cc1[N+](=O)[O-]. The Morgan fingerprint density at radius 3 is 2.80 bits per heavy atom. The molecule has 110 valence electrons. The minimum atomic E-state index is -0.628. The summed E-state index contributed by atoms with van der Waals surface area (Å²) in [5, 5.41) is 19.8. The first-order valence-corrected chi connectivity index (χ1v) is 6.25. The molecule has 20 heavy (non-hydrogen) atoms. The summed E-state index contributed by atoms with van der Waals surface area (Å²) in [4.78, 5) is 21.6. The molecule has 0 bridgehead atoms. The number of nitro benzene ring substituents is 1. The molecule has 7 heteroatoms. The van der Waals surface area contributed by atoms with E-state index in [4.69, 9.17) is 14.6 Å². The van der Waals surface area contributed by atoms with Gasteiger partial charge in [-0.1, -0.05) is 19.4 Å². The van der Waals surface area contributed by atoms with Crippen LogP contribution in [0.4, 0.5) is 5.69 Å². The Morgan fingerprint density at radius 1 is 1.45 bits per heavy atom. The molecule has 1 rings (SSSR count). The minimum absolute atomic E-state index is 0.0281. The monoisotopic (exact) mass is 283 g/mol. The van der Waals surface area contributed by atoms with E-state index in [0.29, 0.717) is 12.2 Å². The summed E-state index contributed by atoms with van der Waals surface area (Å²) in [7, 11) is 0. The summed E-state index contributed by atoms with van der Waals surface area (Å²) >= 11 is 0. The fourth-order valence-electron chi connectivity index (χ4n) is 1.43. The zero-order valence-corrected chi connectivity index (χ0v) is 11.2. The number of ether oxygens (including phenoxy) is 2. The Morgan fingerprint density at radius 2 is 2.20 bits per heavy atom. The molecule has 1 aromatic rings. The minimum Gasteiger partial charge on any atom is -0.475 e. The largest absolute Gasteiger partial charge is 0.475 e. The van der Waals surface area contributed by atoms with E-state index in [9.17, 15) is 14.9 Å². The highest BCUT2D eigenvalue weighted by molar-refractivity contribution is 5.71. The average molecular weight is 283 g/mol. The van der Waals surface area contributed by atoms with Crippen LogP contribution >= 0.6 is 0 Å². The number of aliphatic hydroxyl groups is 1. The summed E-state index contributed by atoms with van der Waals surface area (Å²) in [6.07, 6.45) is 1.67. The van der Waals surface area contributed by atoms with Crippen LogP contribution in [0, 0.1) is 10.1 Å². The van der Waals surface area contributed by atoms with Crippen molar-refractivity contribution in [2.45, 2.75) is 26.4 Å². The number of esters is 1. The predicted molar refractivity (Wildman–Crippen MR) is 70.4 cm³/mol. The lowest BCUT2D eigenvalue weighted by atomic mass is 10.2. The first kappa shape index (κ1) is 15.9. The van der Waals surface area contributed by atoms with Gasteiger partial charge in [0.05, 0.1) is 18.1 Å². The van der Waals surface area contributed by atoms with Crippen LogP contribution in [0.3, 0.4) is 0 Å². The molecule has 0 spiro atoms. The summed E-state index contributed by atoms with van der Waals surface area (Å²) in [5.74, 6) is -0.598. The zero-order valence-electron chi connectivity index (χ0n) is 11.2. The van der Waals surface area contributed by atoms with Crippen LogP contribution in [0.15, 0.2) is 18.2 Å². The summed E-state index contributed by atoms with van der Waals surface area (Å²) in [5.41, 5.74) is 0.104. The Balaban J connectivity index is 2.63. The molecule has 0 unspecified atom stereocenters. The van der Waals surface area contributed by atoms with E-state index in [1.54, 1.807) is 0 Å². The Kier molecular flexibility index (Phi) is 6.45. The molecule has 0 aromatic heterocycles. The molecule has 0 aliphatic rings. The van der Waals surface area contributed by atoms with Gasteiger partial charge in [-0.2, -0.15) is 0 Å². The first-order chi connectivity index (χ1) is 9.58. The molecule has 1 N–H and O–H groups in total. The Hall–Kier alpha value is -2.15. The molecule has 0 atom stereocenters. The van der Waals surface area contributed by atoms with Crippen molar-refractivity contribution in [1.29, 1.82) is 0 Å². The van der Waals surface area contributed by atoms with Crippen LogP contribution < -0.4 is 4.74 Å². The average Bonchev–Trinajstić information content (AvgIpc) is 2.45.